The molecule has 19 heteroatoms. The summed E-state index contributed by atoms with van der Waals surface area (Å²) in [6, 6.07) is -0.995. The first-order valence-electron chi connectivity index (χ1n) is 43.3. The number of allylic oxidation sites excluding steroid dienone is 13. The molecule has 107 heavy (non-hydrogen) atoms. The maximum absolute atomic E-state index is 13.5. The number of aliphatic hydroxyl groups is 11. The highest BCUT2D eigenvalue weighted by atomic mass is 16.8. The molecule has 0 radical (unpaired) electrons. The lowest BCUT2D eigenvalue weighted by molar-refractivity contribution is -0.379. The molecule has 3 aliphatic rings. The summed E-state index contributed by atoms with van der Waals surface area (Å²) in [5, 5.41) is 121. The first kappa shape index (κ1) is 98.2. The molecule has 3 aliphatic heterocycles. The Morgan fingerprint density at radius 1 is 0.346 bits per heavy atom. The average molecular weight is 1520 g/mol. The van der Waals surface area contributed by atoms with Crippen molar-refractivity contribution >= 4 is 5.91 Å². The Bertz CT molecular complexity index is 2260. The van der Waals surface area contributed by atoms with Gasteiger partial charge in [0.25, 0.3) is 0 Å². The molecular weight excluding hydrogens is 1360 g/mol. The molecule has 0 aromatic rings. The lowest BCUT2D eigenvalue weighted by Crippen LogP contribution is -2.66. The minimum atomic E-state index is -1.98. The van der Waals surface area contributed by atoms with Gasteiger partial charge < -0.3 is 89.9 Å². The lowest BCUT2D eigenvalue weighted by Gasteiger charge is -2.48. The van der Waals surface area contributed by atoms with E-state index >= 15 is 0 Å². The van der Waals surface area contributed by atoms with Gasteiger partial charge in [0, 0.05) is 6.42 Å². The van der Waals surface area contributed by atoms with Gasteiger partial charge in [0.05, 0.1) is 38.6 Å². The molecule has 0 aromatic heterocycles. The lowest BCUT2D eigenvalue weighted by atomic mass is 9.96. The Balaban J connectivity index is 1.35. The van der Waals surface area contributed by atoms with Crippen LogP contribution in [-0.4, -0.2) is 193 Å². The van der Waals surface area contributed by atoms with Crippen LogP contribution in [0.15, 0.2) is 85.1 Å². The largest absolute Gasteiger partial charge is 0.394 e. The van der Waals surface area contributed by atoms with E-state index in [1.165, 1.54) is 231 Å². The van der Waals surface area contributed by atoms with E-state index in [9.17, 15) is 61.0 Å². The number of carbonyl (C=O) groups is 1. The maximum Gasteiger partial charge on any atom is 0.220 e. The molecule has 3 heterocycles. The Morgan fingerprint density at radius 3 is 1.05 bits per heavy atom. The molecule has 0 aromatic carbocycles. The summed E-state index contributed by atoms with van der Waals surface area (Å²) in [6.45, 7) is 1.65. The summed E-state index contributed by atoms with van der Waals surface area (Å²) in [6.07, 6.45) is 64.4. The van der Waals surface area contributed by atoms with Gasteiger partial charge in [-0.1, -0.05) is 336 Å². The fraction of sp³-hybridized carbons (Fsp3) is 0.830. The molecular formula is C88H157NO18. The molecule has 17 atom stereocenters. The van der Waals surface area contributed by atoms with Crippen LogP contribution < -0.4 is 5.32 Å². The number of hydrogen-bond donors (Lipinski definition) is 12. The Hall–Kier alpha value is -3.03. The molecule has 12 N–H and O–H groups in total. The normalized spacial score (nSPS) is 25.9. The Kier molecular flexibility index (Phi) is 61.9. The van der Waals surface area contributed by atoms with Gasteiger partial charge in [0.2, 0.25) is 5.91 Å². The van der Waals surface area contributed by atoms with Crippen molar-refractivity contribution in [3.63, 3.8) is 0 Å². The second kappa shape index (κ2) is 67.5. The number of carbonyl (C=O) groups excluding carboxylic acids is 1. The zero-order chi connectivity index (χ0) is 77.4. The van der Waals surface area contributed by atoms with E-state index in [2.05, 4.69) is 92.1 Å². The second-order valence-corrected chi connectivity index (χ2v) is 30.6. The van der Waals surface area contributed by atoms with Crippen molar-refractivity contribution in [1.29, 1.82) is 0 Å². The van der Waals surface area contributed by atoms with Crippen LogP contribution in [0.1, 0.15) is 335 Å². The summed E-state index contributed by atoms with van der Waals surface area (Å²) < 4.78 is 34.5. The highest BCUT2D eigenvalue weighted by Gasteiger charge is 2.54. The number of hydrogen-bond acceptors (Lipinski definition) is 18. The fourth-order valence-electron chi connectivity index (χ4n) is 14.3. The van der Waals surface area contributed by atoms with Crippen molar-refractivity contribution in [3.8, 4) is 0 Å². The van der Waals surface area contributed by atoms with Crippen LogP contribution in [0.5, 0.6) is 0 Å². The molecule has 19 nitrogen and oxygen atoms in total. The molecule has 3 saturated heterocycles. The predicted molar refractivity (Wildman–Crippen MR) is 429 cm³/mol. The van der Waals surface area contributed by atoms with Gasteiger partial charge in [-0.2, -0.15) is 0 Å². The molecule has 0 saturated carbocycles. The molecule has 0 spiro atoms. The monoisotopic (exact) mass is 1520 g/mol. The van der Waals surface area contributed by atoms with Crippen LogP contribution >= 0.6 is 0 Å². The van der Waals surface area contributed by atoms with E-state index in [-0.39, 0.29) is 18.9 Å². The van der Waals surface area contributed by atoms with Crippen molar-refractivity contribution in [2.75, 3.05) is 26.4 Å². The second-order valence-electron chi connectivity index (χ2n) is 30.6. The number of nitrogens with one attached hydrogen (secondary N) is 1. The van der Waals surface area contributed by atoms with Gasteiger partial charge in [-0.25, -0.2) is 0 Å². The van der Waals surface area contributed by atoms with E-state index in [1.807, 2.05) is 6.08 Å². The Morgan fingerprint density at radius 2 is 0.654 bits per heavy atom. The third kappa shape index (κ3) is 46.7. The first-order chi connectivity index (χ1) is 52.3. The minimum absolute atomic E-state index is 0.235. The fourth-order valence-corrected chi connectivity index (χ4v) is 14.3. The molecule has 17 unspecified atom stereocenters. The molecule has 0 bridgehead atoms. The van der Waals surface area contributed by atoms with E-state index in [4.69, 9.17) is 28.4 Å². The Labute approximate surface area is 648 Å². The summed E-state index contributed by atoms with van der Waals surface area (Å²) in [5.41, 5.74) is 0. The van der Waals surface area contributed by atoms with Crippen molar-refractivity contribution in [2.45, 2.75) is 439 Å². The number of amides is 1. The van der Waals surface area contributed by atoms with Crippen molar-refractivity contribution in [1.82, 2.24) is 5.32 Å². The quantitative estimate of drug-likeness (QED) is 0.0199. The van der Waals surface area contributed by atoms with Gasteiger partial charge in [-0.05, 0) is 77.0 Å². The van der Waals surface area contributed by atoms with E-state index in [0.29, 0.717) is 12.8 Å². The van der Waals surface area contributed by atoms with Crippen LogP contribution in [-0.2, 0) is 33.2 Å². The topological polar surface area (TPSA) is 307 Å². The van der Waals surface area contributed by atoms with Crippen LogP contribution in [0.25, 0.3) is 0 Å². The first-order valence-corrected chi connectivity index (χ1v) is 43.3. The third-order valence-electron chi connectivity index (χ3n) is 21.2. The van der Waals surface area contributed by atoms with Gasteiger partial charge in [-0.3, -0.25) is 4.79 Å². The molecule has 622 valence electrons. The van der Waals surface area contributed by atoms with Crippen LogP contribution in [0.4, 0.5) is 0 Å². The summed E-state index contributed by atoms with van der Waals surface area (Å²) >= 11 is 0. The summed E-state index contributed by atoms with van der Waals surface area (Å²) in [5.74, 6) is -0.282. The summed E-state index contributed by atoms with van der Waals surface area (Å²) in [7, 11) is 0. The van der Waals surface area contributed by atoms with Crippen LogP contribution in [0.2, 0.25) is 0 Å². The van der Waals surface area contributed by atoms with E-state index in [1.54, 1.807) is 6.08 Å². The van der Waals surface area contributed by atoms with Gasteiger partial charge >= 0.3 is 0 Å². The van der Waals surface area contributed by atoms with Crippen molar-refractivity contribution in [3.05, 3.63) is 85.1 Å². The number of unbranched alkanes of at least 4 members (excludes halogenated alkanes) is 41. The number of ether oxygens (including phenoxy) is 6. The van der Waals surface area contributed by atoms with E-state index in [0.717, 1.165) is 70.6 Å². The molecule has 0 aliphatic carbocycles. The van der Waals surface area contributed by atoms with Crippen molar-refractivity contribution in [2.24, 2.45) is 0 Å². The maximum atomic E-state index is 13.5. The molecule has 3 fully saturated rings. The highest BCUT2D eigenvalue weighted by molar-refractivity contribution is 5.76. The zero-order valence-electron chi connectivity index (χ0n) is 66.9. The van der Waals surface area contributed by atoms with E-state index < -0.39 is 124 Å². The molecule has 1 amide bonds. The van der Waals surface area contributed by atoms with Crippen LogP contribution in [0, 0.1) is 0 Å². The standard InChI is InChI=1S/C88H157NO18/c1-3-5-7-9-11-13-15-17-19-21-23-25-27-29-31-32-33-34-35-36-37-38-40-42-44-46-48-50-52-54-56-58-60-62-64-66-76(94)89-71(72(93)65-63-61-59-57-55-53-51-49-47-45-43-41-39-30-28-26-24-22-20-18-16-14-12-10-8-6-4-2)70-102-86-82(100)79(97)84(74(68-91)104-86)107-88-83(101)80(98)85(75(69-92)105-88)106-87-81(99)78(96)77(95)73(67-90)103-87/h5,7,11,13,17,19,23,25,29,31,55,57,63,65,71-75,77-88,90-93,95-101H,3-4,6,8-10,12,14-16,18,20-22,24,26-28,30,32-54,56,58-62,64,66-70H2,1-2H3,(H,89,94)/b7-5-,13-11-,19-17-,25-23-,31-29-,57-55+,65-63+. The minimum Gasteiger partial charge on any atom is -0.394 e. The summed E-state index contributed by atoms with van der Waals surface area (Å²) in [4.78, 5) is 13.5. The zero-order valence-corrected chi connectivity index (χ0v) is 66.9. The number of rotatable bonds is 69. The number of aliphatic hydroxyl groups excluding tert-OH is 11. The smallest absolute Gasteiger partial charge is 0.220 e. The SMILES string of the molecule is CC/C=C\C/C=C\C/C=C\C/C=C\C/C=C\CCCCCCCCCCCCCCCCCCCCCC(=O)NC(COC1OC(CO)C(OC2OC(CO)C(OC3OC(CO)C(O)C(O)C3O)C(O)C2O)C(O)C1O)C(O)/C=C/CC/C=C/CCCCCCCCCCCCCCCCCCCCCCC. The van der Waals surface area contributed by atoms with Gasteiger partial charge in [-0.15, -0.1) is 0 Å². The van der Waals surface area contributed by atoms with Crippen molar-refractivity contribution < 1.29 is 89.4 Å². The third-order valence-corrected chi connectivity index (χ3v) is 21.2. The van der Waals surface area contributed by atoms with Gasteiger partial charge in [0.1, 0.15) is 73.2 Å². The highest BCUT2D eigenvalue weighted by Crippen LogP contribution is 2.33. The molecule has 3 rings (SSSR count). The van der Waals surface area contributed by atoms with Gasteiger partial charge in [0.15, 0.2) is 18.9 Å². The van der Waals surface area contributed by atoms with Crippen LogP contribution in [0.3, 0.4) is 0 Å². The predicted octanol–water partition coefficient (Wildman–Crippen LogP) is 15.7. The average Bonchev–Trinajstić information content (AvgIpc) is 0.781.